The minimum Gasteiger partial charge on any atom is -0.295 e. The molecule has 1 saturated heterocycles. The first-order valence-electron chi connectivity index (χ1n) is 9.55. The first-order valence-corrected chi connectivity index (χ1v) is 9.96. The fraction of sp³-hybridized carbons (Fsp3) is 0.381. The molecule has 2 aromatic heterocycles. The van der Waals surface area contributed by atoms with Crippen molar-refractivity contribution in [3.05, 3.63) is 65.2 Å². The van der Waals surface area contributed by atoms with Crippen LogP contribution in [0.15, 0.2) is 54.9 Å². The van der Waals surface area contributed by atoms with Crippen molar-refractivity contribution in [3.8, 4) is 11.4 Å². The Bertz CT molecular complexity index is 932. The van der Waals surface area contributed by atoms with Crippen molar-refractivity contribution in [2.75, 3.05) is 13.1 Å². The van der Waals surface area contributed by atoms with Gasteiger partial charge in [-0.05, 0) is 55.2 Å². The first-order chi connectivity index (χ1) is 13.2. The molecule has 0 unspecified atom stereocenters. The van der Waals surface area contributed by atoms with Gasteiger partial charge in [0.25, 0.3) is 0 Å². The van der Waals surface area contributed by atoms with Gasteiger partial charge in [-0.2, -0.15) is 5.10 Å². The van der Waals surface area contributed by atoms with Crippen LogP contribution in [0, 0.1) is 10.7 Å². The van der Waals surface area contributed by atoms with Crippen LogP contribution in [0.1, 0.15) is 25.3 Å². The summed E-state index contributed by atoms with van der Waals surface area (Å²) in [5, 5.41) is 4.90. The van der Waals surface area contributed by atoms with E-state index in [0.29, 0.717) is 6.54 Å². The van der Waals surface area contributed by atoms with Crippen LogP contribution in [0.5, 0.6) is 0 Å². The number of aromatic nitrogens is 4. The van der Waals surface area contributed by atoms with E-state index in [1.54, 1.807) is 12.4 Å². The minimum atomic E-state index is 0.716. The molecular weight excluding hydrogens is 354 g/mol. The Balaban J connectivity index is 1.69. The van der Waals surface area contributed by atoms with Gasteiger partial charge in [0.05, 0.1) is 13.2 Å². The van der Waals surface area contributed by atoms with E-state index in [-0.39, 0.29) is 0 Å². The van der Waals surface area contributed by atoms with Crippen molar-refractivity contribution in [2.24, 2.45) is 5.92 Å². The number of pyridine rings is 1. The summed E-state index contributed by atoms with van der Waals surface area (Å²) in [6, 6.07) is 14.4. The van der Waals surface area contributed by atoms with Gasteiger partial charge in [-0.3, -0.25) is 14.5 Å². The van der Waals surface area contributed by atoms with E-state index in [0.717, 1.165) is 41.8 Å². The summed E-state index contributed by atoms with van der Waals surface area (Å²) in [4.78, 5) is 6.60. The summed E-state index contributed by atoms with van der Waals surface area (Å²) in [5.41, 5.74) is 2.26. The molecule has 1 atom stereocenters. The predicted octanol–water partition coefficient (Wildman–Crippen LogP) is 4.21. The van der Waals surface area contributed by atoms with Crippen LogP contribution in [0.25, 0.3) is 11.4 Å². The lowest BCUT2D eigenvalue weighted by Gasteiger charge is -2.30. The number of hydrogen-bond donors (Lipinski definition) is 0. The first kappa shape index (κ1) is 18.1. The van der Waals surface area contributed by atoms with Crippen LogP contribution in [0.2, 0.25) is 0 Å². The number of nitrogens with zero attached hydrogens (tertiary/aromatic N) is 5. The van der Waals surface area contributed by atoms with Crippen molar-refractivity contribution in [1.29, 1.82) is 0 Å². The molecule has 4 rings (SSSR count). The van der Waals surface area contributed by atoms with Gasteiger partial charge >= 0.3 is 0 Å². The molecule has 0 radical (unpaired) electrons. The van der Waals surface area contributed by atoms with Gasteiger partial charge in [0.2, 0.25) is 0 Å². The molecule has 1 aliphatic rings. The Labute approximate surface area is 165 Å². The average Bonchev–Trinajstić information content (AvgIpc) is 2.99. The molecule has 1 aromatic carbocycles. The van der Waals surface area contributed by atoms with Crippen molar-refractivity contribution in [3.63, 3.8) is 0 Å². The smallest absolute Gasteiger partial charge is 0.199 e. The molecule has 0 bridgehead atoms. The van der Waals surface area contributed by atoms with Crippen LogP contribution >= 0.6 is 12.2 Å². The highest BCUT2D eigenvalue weighted by molar-refractivity contribution is 7.71. The van der Waals surface area contributed by atoms with Crippen LogP contribution in [-0.2, 0) is 13.2 Å². The van der Waals surface area contributed by atoms with Gasteiger partial charge in [-0.1, -0.05) is 37.3 Å². The number of piperidine rings is 1. The third kappa shape index (κ3) is 4.17. The lowest BCUT2D eigenvalue weighted by molar-refractivity contribution is 0.138. The van der Waals surface area contributed by atoms with Crippen LogP contribution in [0.4, 0.5) is 0 Å². The second-order valence-electron chi connectivity index (χ2n) is 7.38. The Hall–Kier alpha value is -2.31. The summed E-state index contributed by atoms with van der Waals surface area (Å²) in [6.45, 7) is 6.01. The Kier molecular flexibility index (Phi) is 5.45. The molecule has 3 heterocycles. The van der Waals surface area contributed by atoms with Crippen LogP contribution < -0.4 is 0 Å². The van der Waals surface area contributed by atoms with Crippen molar-refractivity contribution in [2.45, 2.75) is 33.0 Å². The average molecular weight is 380 g/mol. The fourth-order valence-electron chi connectivity index (χ4n) is 3.76. The highest BCUT2D eigenvalue weighted by Crippen LogP contribution is 2.21. The number of rotatable bonds is 5. The van der Waals surface area contributed by atoms with Gasteiger partial charge < -0.3 is 0 Å². The number of hydrogen-bond acceptors (Lipinski definition) is 4. The zero-order valence-corrected chi connectivity index (χ0v) is 16.5. The number of benzene rings is 1. The summed E-state index contributed by atoms with van der Waals surface area (Å²) in [5.74, 6) is 1.63. The zero-order valence-electron chi connectivity index (χ0n) is 15.7. The molecule has 140 valence electrons. The van der Waals surface area contributed by atoms with Gasteiger partial charge in [0.15, 0.2) is 10.6 Å². The molecule has 0 saturated carbocycles. The summed E-state index contributed by atoms with van der Waals surface area (Å²) >= 11 is 5.83. The van der Waals surface area contributed by atoms with Crippen molar-refractivity contribution < 1.29 is 0 Å². The molecule has 0 N–H and O–H groups in total. The normalized spacial score (nSPS) is 17.9. The zero-order chi connectivity index (χ0) is 18.6. The highest BCUT2D eigenvalue weighted by atomic mass is 32.1. The Morgan fingerprint density at radius 1 is 1.11 bits per heavy atom. The molecule has 0 spiro atoms. The molecule has 1 aliphatic heterocycles. The largest absolute Gasteiger partial charge is 0.295 e. The lowest BCUT2D eigenvalue weighted by Crippen LogP contribution is -2.36. The van der Waals surface area contributed by atoms with E-state index in [2.05, 4.69) is 45.6 Å². The maximum Gasteiger partial charge on any atom is 0.199 e. The van der Waals surface area contributed by atoms with E-state index in [1.807, 2.05) is 22.9 Å². The highest BCUT2D eigenvalue weighted by Gasteiger charge is 2.19. The van der Waals surface area contributed by atoms with E-state index >= 15 is 0 Å². The van der Waals surface area contributed by atoms with Crippen LogP contribution in [-0.4, -0.2) is 37.3 Å². The minimum absolute atomic E-state index is 0.716. The van der Waals surface area contributed by atoms with Crippen molar-refractivity contribution in [1.82, 2.24) is 24.2 Å². The topological polar surface area (TPSA) is 38.9 Å². The third-order valence-corrected chi connectivity index (χ3v) is 5.55. The summed E-state index contributed by atoms with van der Waals surface area (Å²) in [6.07, 6.45) is 6.16. The molecule has 3 aromatic rings. The van der Waals surface area contributed by atoms with Gasteiger partial charge in [0, 0.05) is 24.5 Å². The maximum absolute atomic E-state index is 5.83. The fourth-order valence-corrected chi connectivity index (χ4v) is 4.01. The third-order valence-electron chi connectivity index (χ3n) is 5.12. The van der Waals surface area contributed by atoms with E-state index < -0.39 is 0 Å². The molecular formula is C21H25N5S. The maximum atomic E-state index is 5.83. The van der Waals surface area contributed by atoms with Gasteiger partial charge in [-0.15, -0.1) is 0 Å². The summed E-state index contributed by atoms with van der Waals surface area (Å²) in [7, 11) is 0. The van der Waals surface area contributed by atoms with E-state index in [1.165, 1.54) is 18.4 Å². The molecule has 1 fully saturated rings. The number of likely N-dealkylation sites (tertiary alicyclic amines) is 1. The lowest BCUT2D eigenvalue weighted by atomic mass is 10.0. The van der Waals surface area contributed by atoms with Gasteiger partial charge in [0.1, 0.15) is 0 Å². The second kappa shape index (κ2) is 8.15. The second-order valence-corrected chi connectivity index (χ2v) is 7.74. The monoisotopic (exact) mass is 379 g/mol. The van der Waals surface area contributed by atoms with Crippen LogP contribution in [0.3, 0.4) is 0 Å². The molecule has 0 amide bonds. The standard InChI is InChI=1S/C21H25N5S/c1-17-6-5-13-24(14-17)16-26-21(27)25(15-18-7-3-2-4-8-18)20(23-26)19-9-11-22-12-10-19/h2-4,7-12,17H,5-6,13-16H2,1H3/t17-/m1/s1. The van der Waals surface area contributed by atoms with Gasteiger partial charge in [-0.25, -0.2) is 4.68 Å². The van der Waals surface area contributed by atoms with E-state index in [9.17, 15) is 0 Å². The van der Waals surface area contributed by atoms with E-state index in [4.69, 9.17) is 17.3 Å². The molecule has 5 nitrogen and oxygen atoms in total. The Morgan fingerprint density at radius 2 is 1.89 bits per heavy atom. The molecule has 27 heavy (non-hydrogen) atoms. The SMILES string of the molecule is C[C@@H]1CCCN(Cn2nc(-c3ccncc3)n(Cc3ccccc3)c2=S)C1. The molecule has 6 heteroatoms. The predicted molar refractivity (Wildman–Crippen MR) is 110 cm³/mol. The molecule has 0 aliphatic carbocycles. The summed E-state index contributed by atoms with van der Waals surface area (Å²) < 4.78 is 4.88. The Morgan fingerprint density at radius 3 is 2.63 bits per heavy atom. The van der Waals surface area contributed by atoms with Crippen molar-refractivity contribution >= 4 is 12.2 Å². The quantitative estimate of drug-likeness (QED) is 0.623.